The van der Waals surface area contributed by atoms with Gasteiger partial charge in [-0.2, -0.15) is 13.2 Å². The maximum Gasteiger partial charge on any atom is 0.416 e. The predicted molar refractivity (Wildman–Crippen MR) is 94.3 cm³/mol. The molecule has 0 radical (unpaired) electrons. The first-order chi connectivity index (χ1) is 11.9. The molecule has 0 aromatic heterocycles. The summed E-state index contributed by atoms with van der Waals surface area (Å²) >= 11 is 12.5. The standard InChI is InChI=1S/C19H14Cl2F3N/c20-15-9-8-12-10-5-3-6-11(10)17(25-18(12)16(15)21)13-4-1-2-7-14(13)19(22,23)24/h1-5,7-11,17,25H,6H2/t10-,11-,17+/m1/s1. The molecule has 0 amide bonds. The molecule has 1 aliphatic carbocycles. The summed E-state index contributed by atoms with van der Waals surface area (Å²) in [7, 11) is 0. The molecule has 1 aliphatic heterocycles. The molecule has 0 saturated carbocycles. The van der Waals surface area contributed by atoms with E-state index in [1.807, 2.05) is 12.1 Å². The molecular weight excluding hydrogens is 370 g/mol. The highest BCUT2D eigenvalue weighted by Crippen LogP contribution is 2.53. The fourth-order valence-electron chi connectivity index (χ4n) is 3.94. The summed E-state index contributed by atoms with van der Waals surface area (Å²) in [6.07, 6.45) is 0.391. The molecule has 1 N–H and O–H groups in total. The van der Waals surface area contributed by atoms with Gasteiger partial charge in [0.1, 0.15) is 0 Å². The molecule has 25 heavy (non-hydrogen) atoms. The van der Waals surface area contributed by atoms with Crippen molar-refractivity contribution in [2.75, 3.05) is 5.32 Å². The zero-order chi connectivity index (χ0) is 17.8. The van der Waals surface area contributed by atoms with Crippen LogP contribution >= 0.6 is 23.2 Å². The third-order valence-electron chi connectivity index (χ3n) is 5.03. The Labute approximate surface area is 153 Å². The van der Waals surface area contributed by atoms with Crippen molar-refractivity contribution < 1.29 is 13.2 Å². The van der Waals surface area contributed by atoms with Crippen molar-refractivity contribution in [3.05, 3.63) is 75.3 Å². The van der Waals surface area contributed by atoms with E-state index in [0.717, 1.165) is 11.6 Å². The van der Waals surface area contributed by atoms with Crippen LogP contribution in [0.25, 0.3) is 0 Å². The smallest absolute Gasteiger partial charge is 0.376 e. The van der Waals surface area contributed by atoms with E-state index in [1.54, 1.807) is 18.2 Å². The molecule has 0 spiro atoms. The van der Waals surface area contributed by atoms with E-state index in [9.17, 15) is 13.2 Å². The molecule has 0 saturated heterocycles. The van der Waals surface area contributed by atoms with Crippen molar-refractivity contribution in [2.45, 2.75) is 24.6 Å². The number of anilines is 1. The second-order valence-corrected chi connectivity index (χ2v) is 7.17. The lowest BCUT2D eigenvalue weighted by atomic mass is 9.76. The number of benzene rings is 2. The molecule has 6 heteroatoms. The van der Waals surface area contributed by atoms with Crippen LogP contribution in [-0.4, -0.2) is 0 Å². The molecule has 4 rings (SSSR count). The van der Waals surface area contributed by atoms with E-state index in [-0.39, 0.29) is 17.4 Å². The Hall–Kier alpha value is -1.65. The monoisotopic (exact) mass is 383 g/mol. The quantitative estimate of drug-likeness (QED) is 0.531. The van der Waals surface area contributed by atoms with E-state index in [0.29, 0.717) is 22.2 Å². The molecule has 2 aliphatic rings. The topological polar surface area (TPSA) is 12.0 Å². The lowest BCUT2D eigenvalue weighted by molar-refractivity contribution is -0.138. The number of hydrogen-bond acceptors (Lipinski definition) is 1. The lowest BCUT2D eigenvalue weighted by Gasteiger charge is -2.39. The van der Waals surface area contributed by atoms with Crippen molar-refractivity contribution in [3.8, 4) is 0 Å². The number of hydrogen-bond donors (Lipinski definition) is 1. The minimum Gasteiger partial charge on any atom is -0.376 e. The van der Waals surface area contributed by atoms with E-state index in [1.165, 1.54) is 6.07 Å². The van der Waals surface area contributed by atoms with Gasteiger partial charge in [-0.05, 0) is 35.6 Å². The Bertz CT molecular complexity index is 860. The van der Waals surface area contributed by atoms with Crippen molar-refractivity contribution in [1.82, 2.24) is 0 Å². The molecule has 130 valence electrons. The predicted octanol–water partition coefficient (Wildman–Crippen LogP) is 6.84. The van der Waals surface area contributed by atoms with Gasteiger partial charge in [0.25, 0.3) is 0 Å². The summed E-state index contributed by atoms with van der Waals surface area (Å²) in [5.41, 5.74) is 1.24. The van der Waals surface area contributed by atoms with Crippen LogP contribution in [0.1, 0.15) is 35.1 Å². The van der Waals surface area contributed by atoms with Gasteiger partial charge in [-0.25, -0.2) is 0 Å². The highest BCUT2D eigenvalue weighted by molar-refractivity contribution is 6.43. The second kappa shape index (κ2) is 5.96. The minimum absolute atomic E-state index is 0.00763. The number of allylic oxidation sites excluding steroid dienone is 2. The van der Waals surface area contributed by atoms with Crippen LogP contribution in [0, 0.1) is 5.92 Å². The van der Waals surface area contributed by atoms with Crippen LogP contribution in [-0.2, 0) is 6.18 Å². The fraction of sp³-hybridized carbons (Fsp3) is 0.263. The summed E-state index contributed by atoms with van der Waals surface area (Å²) in [6.45, 7) is 0. The molecule has 2 aromatic carbocycles. The van der Waals surface area contributed by atoms with E-state index >= 15 is 0 Å². The van der Waals surface area contributed by atoms with Gasteiger partial charge in [0.2, 0.25) is 0 Å². The zero-order valence-electron chi connectivity index (χ0n) is 12.9. The average Bonchev–Trinajstić information content (AvgIpc) is 3.06. The van der Waals surface area contributed by atoms with Crippen LogP contribution < -0.4 is 5.32 Å². The third kappa shape index (κ3) is 2.72. The van der Waals surface area contributed by atoms with Gasteiger partial charge in [-0.15, -0.1) is 0 Å². The second-order valence-electron chi connectivity index (χ2n) is 6.39. The molecule has 0 fully saturated rings. The van der Waals surface area contributed by atoms with Gasteiger partial charge >= 0.3 is 6.18 Å². The van der Waals surface area contributed by atoms with Gasteiger partial charge in [0.05, 0.1) is 27.3 Å². The number of nitrogens with one attached hydrogen (secondary N) is 1. The molecule has 0 unspecified atom stereocenters. The first-order valence-electron chi connectivity index (χ1n) is 7.95. The number of rotatable bonds is 1. The Morgan fingerprint density at radius 1 is 1.00 bits per heavy atom. The Morgan fingerprint density at radius 2 is 1.76 bits per heavy atom. The van der Waals surface area contributed by atoms with Gasteiger partial charge in [-0.1, -0.05) is 59.6 Å². The Kier molecular flexibility index (Phi) is 4.00. The van der Waals surface area contributed by atoms with Crippen LogP contribution in [0.15, 0.2) is 48.6 Å². The number of halogens is 5. The highest BCUT2D eigenvalue weighted by atomic mass is 35.5. The number of fused-ring (bicyclic) bond motifs is 3. The molecule has 1 nitrogen and oxygen atoms in total. The van der Waals surface area contributed by atoms with E-state index < -0.39 is 17.8 Å². The van der Waals surface area contributed by atoms with Gasteiger partial charge < -0.3 is 5.32 Å². The average molecular weight is 384 g/mol. The maximum atomic E-state index is 13.5. The van der Waals surface area contributed by atoms with Crippen LogP contribution in [0.2, 0.25) is 10.0 Å². The first-order valence-corrected chi connectivity index (χ1v) is 8.70. The largest absolute Gasteiger partial charge is 0.416 e. The molecule has 1 heterocycles. The minimum atomic E-state index is -4.40. The van der Waals surface area contributed by atoms with Crippen LogP contribution in [0.4, 0.5) is 18.9 Å². The fourth-order valence-corrected chi connectivity index (χ4v) is 4.32. The van der Waals surface area contributed by atoms with Crippen molar-refractivity contribution in [3.63, 3.8) is 0 Å². The molecular formula is C19H14Cl2F3N. The summed E-state index contributed by atoms with van der Waals surface area (Å²) in [5.74, 6) is 0.0329. The van der Waals surface area contributed by atoms with Crippen molar-refractivity contribution >= 4 is 28.9 Å². The van der Waals surface area contributed by atoms with E-state index in [2.05, 4.69) is 11.4 Å². The summed E-state index contributed by atoms with van der Waals surface area (Å²) < 4.78 is 40.5. The third-order valence-corrected chi connectivity index (χ3v) is 5.83. The molecule has 0 bridgehead atoms. The van der Waals surface area contributed by atoms with Gasteiger partial charge in [0, 0.05) is 5.92 Å². The van der Waals surface area contributed by atoms with E-state index in [4.69, 9.17) is 23.2 Å². The summed E-state index contributed by atoms with van der Waals surface area (Å²) in [6, 6.07) is 8.87. The van der Waals surface area contributed by atoms with Crippen molar-refractivity contribution in [1.29, 1.82) is 0 Å². The summed E-state index contributed by atoms with van der Waals surface area (Å²) in [4.78, 5) is 0. The van der Waals surface area contributed by atoms with Crippen LogP contribution in [0.5, 0.6) is 0 Å². The highest BCUT2D eigenvalue weighted by Gasteiger charge is 2.43. The van der Waals surface area contributed by atoms with Crippen LogP contribution in [0.3, 0.4) is 0 Å². The van der Waals surface area contributed by atoms with Crippen molar-refractivity contribution in [2.24, 2.45) is 5.92 Å². The SMILES string of the molecule is FC(F)(F)c1ccccc1[C@H]1Nc2c(ccc(Cl)c2Cl)[C@@H]2C=CC[C@@H]12. The Balaban J connectivity index is 1.87. The number of alkyl halides is 3. The van der Waals surface area contributed by atoms with Gasteiger partial charge in [0.15, 0.2) is 0 Å². The lowest BCUT2D eigenvalue weighted by Crippen LogP contribution is -2.31. The maximum absolute atomic E-state index is 13.5. The molecule has 3 atom stereocenters. The van der Waals surface area contributed by atoms with Gasteiger partial charge in [-0.3, -0.25) is 0 Å². The Morgan fingerprint density at radius 3 is 2.52 bits per heavy atom. The zero-order valence-corrected chi connectivity index (χ0v) is 14.5. The molecule has 2 aromatic rings. The first kappa shape index (κ1) is 16.8. The normalized spacial score (nSPS) is 24.6. The summed E-state index contributed by atoms with van der Waals surface area (Å²) in [5, 5.41) is 3.99.